The van der Waals surface area contributed by atoms with Crippen LogP contribution in [0.1, 0.15) is 48.7 Å². The van der Waals surface area contributed by atoms with Gasteiger partial charge in [-0.15, -0.1) is 0 Å². The molecule has 0 saturated carbocycles. The Balaban J connectivity index is 1.99. The number of amides is 1. The van der Waals surface area contributed by atoms with Crippen molar-refractivity contribution >= 4 is 5.91 Å². The van der Waals surface area contributed by atoms with E-state index in [0.717, 1.165) is 36.1 Å². The Hall–Kier alpha value is -2.84. The summed E-state index contributed by atoms with van der Waals surface area (Å²) < 4.78 is 23.7. The number of methoxy groups -OCH3 is 3. The first-order chi connectivity index (χ1) is 15.9. The van der Waals surface area contributed by atoms with Gasteiger partial charge < -0.3 is 28.8 Å². The second-order valence-electron chi connectivity index (χ2n) is 8.29. The number of ether oxygens (including phenoxy) is 4. The van der Waals surface area contributed by atoms with E-state index in [-0.39, 0.29) is 23.1 Å². The van der Waals surface area contributed by atoms with Crippen molar-refractivity contribution < 1.29 is 23.7 Å². The fourth-order valence-electron chi connectivity index (χ4n) is 4.19. The van der Waals surface area contributed by atoms with E-state index < -0.39 is 5.91 Å². The molecule has 33 heavy (non-hydrogen) atoms. The Labute approximate surface area is 194 Å². The second-order valence-corrected chi connectivity index (χ2v) is 8.29. The molecule has 1 amide bonds. The minimum atomic E-state index is -0.391. The smallest absolute Gasteiger partial charge is 0.257 e. The van der Waals surface area contributed by atoms with Crippen molar-refractivity contribution in [3.05, 3.63) is 45.7 Å². The van der Waals surface area contributed by atoms with Crippen LogP contribution in [0.2, 0.25) is 0 Å². The molecule has 0 saturated heterocycles. The predicted molar refractivity (Wildman–Crippen MR) is 127 cm³/mol. The average molecular weight is 459 g/mol. The average Bonchev–Trinajstić information content (AvgIpc) is 2.80. The predicted octanol–water partition coefficient (Wildman–Crippen LogP) is 3.21. The molecule has 8 nitrogen and oxygen atoms in total. The number of benzene rings is 1. The molecule has 2 atom stereocenters. The molecule has 3 rings (SSSR count). The van der Waals surface area contributed by atoms with Gasteiger partial charge in [-0.2, -0.15) is 0 Å². The molecule has 0 spiro atoms. The summed E-state index contributed by atoms with van der Waals surface area (Å²) in [6.07, 6.45) is 4.08. The van der Waals surface area contributed by atoms with Crippen LogP contribution in [0.15, 0.2) is 29.2 Å². The van der Waals surface area contributed by atoms with E-state index in [1.165, 1.54) is 0 Å². The number of nitrogens with zero attached hydrogens (tertiary/aromatic N) is 1. The van der Waals surface area contributed by atoms with Crippen LogP contribution >= 0.6 is 0 Å². The van der Waals surface area contributed by atoms with Crippen molar-refractivity contribution in [2.45, 2.75) is 45.2 Å². The van der Waals surface area contributed by atoms with Gasteiger partial charge in [0.15, 0.2) is 16.9 Å². The van der Waals surface area contributed by atoms with E-state index in [4.69, 9.17) is 18.9 Å². The molecule has 2 heterocycles. The van der Waals surface area contributed by atoms with E-state index in [2.05, 4.69) is 12.2 Å². The molecular formula is C25H34N2O6. The summed E-state index contributed by atoms with van der Waals surface area (Å²) in [5, 5.41) is 2.83. The number of pyridine rings is 1. The Morgan fingerprint density at radius 3 is 2.61 bits per heavy atom. The topological polar surface area (TPSA) is 88.0 Å². The zero-order valence-electron chi connectivity index (χ0n) is 20.1. The zero-order chi connectivity index (χ0) is 24.0. The molecule has 1 aliphatic heterocycles. The molecule has 1 aliphatic rings. The monoisotopic (exact) mass is 458 g/mol. The maximum absolute atomic E-state index is 12.9. The first-order valence-corrected chi connectivity index (χ1v) is 11.3. The van der Waals surface area contributed by atoms with Crippen LogP contribution in [-0.4, -0.2) is 57.7 Å². The number of nitrogens with one attached hydrogen (secondary N) is 1. The van der Waals surface area contributed by atoms with Gasteiger partial charge in [0.1, 0.15) is 5.56 Å². The van der Waals surface area contributed by atoms with E-state index in [0.29, 0.717) is 31.3 Å². The number of fused-ring (bicyclic) bond motifs is 3. The Morgan fingerprint density at radius 1 is 1.15 bits per heavy atom. The second kappa shape index (κ2) is 11.3. The maximum atomic E-state index is 12.9. The summed E-state index contributed by atoms with van der Waals surface area (Å²) in [4.78, 5) is 25.7. The fourth-order valence-corrected chi connectivity index (χ4v) is 4.19. The summed E-state index contributed by atoms with van der Waals surface area (Å²) in [6.45, 7) is 5.46. The van der Waals surface area contributed by atoms with Gasteiger partial charge in [-0.25, -0.2) is 0 Å². The number of hydrogen-bond donors (Lipinski definition) is 1. The van der Waals surface area contributed by atoms with Gasteiger partial charge >= 0.3 is 0 Å². The van der Waals surface area contributed by atoms with Crippen molar-refractivity contribution in [1.82, 2.24) is 9.88 Å². The Morgan fingerprint density at radius 2 is 1.94 bits per heavy atom. The third-order valence-corrected chi connectivity index (χ3v) is 5.85. The lowest BCUT2D eigenvalue weighted by Crippen LogP contribution is -2.38. The summed E-state index contributed by atoms with van der Waals surface area (Å²) >= 11 is 0. The lowest BCUT2D eigenvalue weighted by Gasteiger charge is -2.31. The minimum absolute atomic E-state index is 0.116. The van der Waals surface area contributed by atoms with Gasteiger partial charge in [0.2, 0.25) is 0 Å². The van der Waals surface area contributed by atoms with Crippen LogP contribution in [0.5, 0.6) is 11.5 Å². The zero-order valence-corrected chi connectivity index (χ0v) is 20.1. The molecule has 1 aromatic carbocycles. The normalized spacial score (nSPS) is 15.4. The molecule has 0 aliphatic carbocycles. The number of aromatic nitrogens is 1. The highest BCUT2D eigenvalue weighted by molar-refractivity contribution is 5.94. The maximum Gasteiger partial charge on any atom is 0.257 e. The van der Waals surface area contributed by atoms with Crippen LogP contribution in [0.3, 0.4) is 0 Å². The molecule has 2 aromatic rings. The summed E-state index contributed by atoms with van der Waals surface area (Å²) in [7, 11) is 4.84. The molecule has 0 radical (unpaired) electrons. The number of carbonyl (C=O) groups excluding carboxylic acids is 1. The standard InChI is InChI=1S/C25H34N2O6/c1-6-18-10-17-11-24(33-9-7-8-30-3)23(32-5)12-19(17)21-13-22(28)20(14-27(18)21)25(29)26-16(2)15-31-4/h11-14,16,18H,6-10,15H2,1-5H3,(H,26,29). The number of rotatable bonds is 11. The molecule has 1 N–H and O–H groups in total. The number of hydrogen-bond acceptors (Lipinski definition) is 6. The van der Waals surface area contributed by atoms with Crippen LogP contribution in [0.4, 0.5) is 0 Å². The molecular weight excluding hydrogens is 424 g/mol. The van der Waals surface area contributed by atoms with Crippen molar-refractivity contribution in [3.8, 4) is 22.8 Å². The van der Waals surface area contributed by atoms with Gasteiger partial charge in [-0.3, -0.25) is 9.59 Å². The van der Waals surface area contributed by atoms with Crippen molar-refractivity contribution in [2.75, 3.05) is 41.2 Å². The highest BCUT2D eigenvalue weighted by atomic mass is 16.5. The SMILES string of the molecule is CCC1Cc2cc(OCCCOC)c(OC)cc2-c2cc(=O)c(C(=O)NC(C)COC)cn21. The van der Waals surface area contributed by atoms with Gasteiger partial charge in [-0.1, -0.05) is 6.92 Å². The Bertz CT molecular complexity index is 1030. The third-order valence-electron chi connectivity index (χ3n) is 5.85. The van der Waals surface area contributed by atoms with Gasteiger partial charge in [0, 0.05) is 57.2 Å². The molecule has 1 aromatic heterocycles. The van der Waals surface area contributed by atoms with E-state index >= 15 is 0 Å². The van der Waals surface area contributed by atoms with Crippen molar-refractivity contribution in [1.29, 1.82) is 0 Å². The van der Waals surface area contributed by atoms with Crippen LogP contribution in [0, 0.1) is 0 Å². The largest absolute Gasteiger partial charge is 0.493 e. The first-order valence-electron chi connectivity index (χ1n) is 11.3. The third kappa shape index (κ3) is 5.57. The van der Waals surface area contributed by atoms with E-state index in [1.54, 1.807) is 33.6 Å². The lowest BCUT2D eigenvalue weighted by atomic mass is 9.90. The van der Waals surface area contributed by atoms with Crippen LogP contribution in [-0.2, 0) is 15.9 Å². The quantitative estimate of drug-likeness (QED) is 0.520. The highest BCUT2D eigenvalue weighted by Gasteiger charge is 2.27. The van der Waals surface area contributed by atoms with E-state index in [9.17, 15) is 9.59 Å². The van der Waals surface area contributed by atoms with Crippen LogP contribution < -0.4 is 20.2 Å². The van der Waals surface area contributed by atoms with Crippen molar-refractivity contribution in [2.24, 2.45) is 0 Å². The first kappa shape index (κ1) is 24.8. The number of carbonyl (C=O) groups is 1. The van der Waals surface area contributed by atoms with Gasteiger partial charge in [0.25, 0.3) is 5.91 Å². The minimum Gasteiger partial charge on any atom is -0.493 e. The lowest BCUT2D eigenvalue weighted by molar-refractivity contribution is 0.0903. The summed E-state index contributed by atoms with van der Waals surface area (Å²) in [5.74, 6) is 0.898. The molecule has 0 fully saturated rings. The van der Waals surface area contributed by atoms with Crippen molar-refractivity contribution in [3.63, 3.8) is 0 Å². The molecule has 8 heteroatoms. The molecule has 0 bridgehead atoms. The summed E-state index contributed by atoms with van der Waals surface area (Å²) in [6, 6.07) is 5.39. The summed E-state index contributed by atoms with van der Waals surface area (Å²) in [5.41, 5.74) is 2.60. The van der Waals surface area contributed by atoms with Gasteiger partial charge in [0.05, 0.1) is 26.0 Å². The van der Waals surface area contributed by atoms with Crippen LogP contribution in [0.25, 0.3) is 11.3 Å². The van der Waals surface area contributed by atoms with E-state index in [1.807, 2.05) is 23.6 Å². The van der Waals surface area contributed by atoms with Gasteiger partial charge in [-0.05, 0) is 37.5 Å². The fraction of sp³-hybridized carbons (Fsp3) is 0.520. The highest BCUT2D eigenvalue weighted by Crippen LogP contribution is 2.41. The molecule has 2 unspecified atom stereocenters. The molecule has 180 valence electrons. The Kier molecular flexibility index (Phi) is 8.52.